The lowest BCUT2D eigenvalue weighted by Gasteiger charge is -2.29. The Morgan fingerprint density at radius 3 is 2.18 bits per heavy atom. The Morgan fingerprint density at radius 2 is 1.68 bits per heavy atom. The van der Waals surface area contributed by atoms with Crippen molar-refractivity contribution in [1.29, 1.82) is 0 Å². The molecule has 1 heterocycles. The molecule has 1 saturated heterocycles. The lowest BCUT2D eigenvalue weighted by Crippen LogP contribution is -2.40. The molecule has 0 spiro atoms. The third-order valence-corrected chi connectivity index (χ3v) is 6.38. The van der Waals surface area contributed by atoms with Crippen LogP contribution in [0.25, 0.3) is 0 Å². The fourth-order valence-electron chi connectivity index (χ4n) is 2.30. The fraction of sp³-hybridized carbons (Fsp3) is 0.417. The van der Waals surface area contributed by atoms with Crippen LogP contribution in [0.4, 0.5) is 0 Å². The number of hydrogen-bond donors (Lipinski definition) is 2. The van der Waals surface area contributed by atoms with Crippen molar-refractivity contribution >= 4 is 26.0 Å². The van der Waals surface area contributed by atoms with Gasteiger partial charge in [0.2, 0.25) is 20.0 Å². The number of primary sulfonamides is 1. The zero-order valence-electron chi connectivity index (χ0n) is 11.5. The summed E-state index contributed by atoms with van der Waals surface area (Å²) >= 11 is 0. The molecule has 22 heavy (non-hydrogen) atoms. The first-order valence-electron chi connectivity index (χ1n) is 6.48. The molecule has 1 aromatic rings. The Balaban J connectivity index is 2.27. The minimum Gasteiger partial charge on any atom is -0.481 e. The maximum absolute atomic E-state index is 12.5. The van der Waals surface area contributed by atoms with Gasteiger partial charge in [-0.3, -0.25) is 4.79 Å². The van der Waals surface area contributed by atoms with E-state index in [0.29, 0.717) is 0 Å². The summed E-state index contributed by atoms with van der Waals surface area (Å²) in [7, 11) is -7.87. The van der Waals surface area contributed by atoms with Crippen LogP contribution in [0.3, 0.4) is 0 Å². The summed E-state index contributed by atoms with van der Waals surface area (Å²) in [5.41, 5.74) is 0. The minimum atomic E-state index is -4.00. The second kappa shape index (κ2) is 5.95. The van der Waals surface area contributed by atoms with Gasteiger partial charge in [-0.05, 0) is 31.0 Å². The number of carboxylic acids is 1. The normalized spacial score (nSPS) is 18.2. The first-order valence-corrected chi connectivity index (χ1v) is 9.47. The van der Waals surface area contributed by atoms with Gasteiger partial charge in [0.05, 0.1) is 15.7 Å². The van der Waals surface area contributed by atoms with Gasteiger partial charge in [0.1, 0.15) is 0 Å². The van der Waals surface area contributed by atoms with Crippen LogP contribution in [0.5, 0.6) is 0 Å². The summed E-state index contributed by atoms with van der Waals surface area (Å²) < 4.78 is 48.8. The summed E-state index contributed by atoms with van der Waals surface area (Å²) in [5.74, 6) is -1.49. The number of nitrogens with two attached hydrogens (primary N) is 1. The number of nitrogens with zero attached hydrogens (tertiary/aromatic N) is 1. The second-order valence-corrected chi connectivity index (χ2v) is 8.54. The Hall–Kier alpha value is -1.49. The molecule has 0 aliphatic carbocycles. The van der Waals surface area contributed by atoms with E-state index in [4.69, 9.17) is 10.2 Å². The summed E-state index contributed by atoms with van der Waals surface area (Å²) in [4.78, 5) is 10.4. The van der Waals surface area contributed by atoms with Crippen LogP contribution in [-0.2, 0) is 24.8 Å². The molecule has 3 N–H and O–H groups in total. The van der Waals surface area contributed by atoms with E-state index in [1.54, 1.807) is 0 Å². The van der Waals surface area contributed by atoms with E-state index in [0.717, 1.165) is 10.4 Å². The topological polar surface area (TPSA) is 135 Å². The number of hydrogen-bond acceptors (Lipinski definition) is 5. The van der Waals surface area contributed by atoms with Crippen LogP contribution in [0.2, 0.25) is 0 Å². The van der Waals surface area contributed by atoms with Crippen molar-refractivity contribution in [3.63, 3.8) is 0 Å². The van der Waals surface area contributed by atoms with Crippen molar-refractivity contribution in [2.75, 3.05) is 13.1 Å². The average molecular weight is 348 g/mol. The van der Waals surface area contributed by atoms with Crippen LogP contribution < -0.4 is 5.14 Å². The van der Waals surface area contributed by atoms with Crippen molar-refractivity contribution < 1.29 is 26.7 Å². The van der Waals surface area contributed by atoms with E-state index in [1.807, 2.05) is 0 Å². The van der Waals surface area contributed by atoms with E-state index >= 15 is 0 Å². The predicted octanol–water partition coefficient (Wildman–Crippen LogP) is -0.181. The van der Waals surface area contributed by atoms with Crippen molar-refractivity contribution in [3.8, 4) is 0 Å². The van der Waals surface area contributed by atoms with Gasteiger partial charge in [0.25, 0.3) is 0 Å². The SMILES string of the molecule is NS(=O)(=O)c1cccc(S(=O)(=O)N2CCC(C(=O)O)CC2)c1. The third kappa shape index (κ3) is 3.46. The van der Waals surface area contributed by atoms with Crippen LogP contribution in [-0.4, -0.2) is 45.3 Å². The molecule has 0 bridgehead atoms. The molecule has 1 fully saturated rings. The standard InChI is InChI=1S/C12H16N2O6S2/c13-21(17,18)10-2-1-3-11(8-10)22(19,20)14-6-4-9(5-7-14)12(15)16/h1-3,8-9H,4-7H2,(H,15,16)(H2,13,17,18). The highest BCUT2D eigenvalue weighted by Crippen LogP contribution is 2.25. The van der Waals surface area contributed by atoms with E-state index in [2.05, 4.69) is 0 Å². The average Bonchev–Trinajstić information content (AvgIpc) is 2.46. The Morgan fingerprint density at radius 1 is 1.14 bits per heavy atom. The van der Waals surface area contributed by atoms with Gasteiger partial charge in [0, 0.05) is 13.1 Å². The van der Waals surface area contributed by atoms with Gasteiger partial charge in [-0.15, -0.1) is 0 Å². The van der Waals surface area contributed by atoms with Gasteiger partial charge in [-0.2, -0.15) is 4.31 Å². The third-order valence-electron chi connectivity index (χ3n) is 3.57. The number of benzene rings is 1. The molecule has 122 valence electrons. The van der Waals surface area contributed by atoms with E-state index in [-0.39, 0.29) is 35.7 Å². The highest BCUT2D eigenvalue weighted by molar-refractivity contribution is 7.90. The van der Waals surface area contributed by atoms with Gasteiger partial charge in [-0.25, -0.2) is 22.0 Å². The van der Waals surface area contributed by atoms with Crippen LogP contribution in [0.15, 0.2) is 34.1 Å². The first-order chi connectivity index (χ1) is 10.1. The Bertz CT molecular complexity index is 780. The number of aliphatic carboxylic acids is 1. The molecule has 1 aliphatic heterocycles. The molecule has 10 heteroatoms. The van der Waals surface area contributed by atoms with E-state index < -0.39 is 31.9 Å². The summed E-state index contributed by atoms with van der Waals surface area (Å²) in [6, 6.07) is 4.81. The van der Waals surface area contributed by atoms with Crippen molar-refractivity contribution in [1.82, 2.24) is 4.31 Å². The van der Waals surface area contributed by atoms with E-state index in [1.165, 1.54) is 18.2 Å². The van der Waals surface area contributed by atoms with Gasteiger partial charge < -0.3 is 5.11 Å². The summed E-state index contributed by atoms with van der Waals surface area (Å²) in [5, 5.41) is 13.9. The molecule has 0 saturated carbocycles. The lowest BCUT2D eigenvalue weighted by atomic mass is 9.99. The highest BCUT2D eigenvalue weighted by Gasteiger charge is 2.32. The molecular formula is C12H16N2O6S2. The molecule has 1 aliphatic rings. The molecular weight excluding hydrogens is 332 g/mol. The predicted molar refractivity (Wildman–Crippen MR) is 76.9 cm³/mol. The molecule has 0 unspecified atom stereocenters. The lowest BCUT2D eigenvalue weighted by molar-refractivity contribution is -0.142. The summed E-state index contributed by atoms with van der Waals surface area (Å²) in [6.07, 6.45) is 0.451. The zero-order chi connectivity index (χ0) is 16.5. The second-order valence-electron chi connectivity index (χ2n) is 5.04. The zero-order valence-corrected chi connectivity index (χ0v) is 13.2. The number of sulfonamides is 2. The van der Waals surface area contributed by atoms with E-state index in [9.17, 15) is 21.6 Å². The monoisotopic (exact) mass is 348 g/mol. The van der Waals surface area contributed by atoms with Crippen LogP contribution in [0.1, 0.15) is 12.8 Å². The van der Waals surface area contributed by atoms with Crippen LogP contribution >= 0.6 is 0 Å². The maximum atomic E-state index is 12.5. The molecule has 8 nitrogen and oxygen atoms in total. The van der Waals surface area contributed by atoms with Gasteiger partial charge >= 0.3 is 5.97 Å². The molecule has 0 radical (unpaired) electrons. The number of piperidine rings is 1. The number of rotatable bonds is 4. The molecule has 0 amide bonds. The maximum Gasteiger partial charge on any atom is 0.306 e. The number of carbonyl (C=O) groups is 1. The molecule has 1 aromatic carbocycles. The minimum absolute atomic E-state index is 0.0822. The van der Waals surface area contributed by atoms with Crippen molar-refractivity contribution in [2.45, 2.75) is 22.6 Å². The Kier molecular flexibility index (Phi) is 4.57. The fourth-order valence-corrected chi connectivity index (χ4v) is 4.45. The summed E-state index contributed by atoms with van der Waals surface area (Å²) in [6.45, 7) is 0.164. The molecule has 0 atom stereocenters. The van der Waals surface area contributed by atoms with Crippen LogP contribution in [0, 0.1) is 5.92 Å². The van der Waals surface area contributed by atoms with Gasteiger partial charge in [0.15, 0.2) is 0 Å². The first kappa shape index (κ1) is 16.9. The quantitative estimate of drug-likeness (QED) is 0.775. The van der Waals surface area contributed by atoms with Crippen molar-refractivity contribution in [3.05, 3.63) is 24.3 Å². The highest BCUT2D eigenvalue weighted by atomic mass is 32.2. The number of carboxylic acid groups (broad SMARTS) is 1. The Labute approximate surface area is 128 Å². The van der Waals surface area contributed by atoms with Gasteiger partial charge in [-0.1, -0.05) is 6.07 Å². The van der Waals surface area contributed by atoms with Crippen molar-refractivity contribution in [2.24, 2.45) is 11.1 Å². The smallest absolute Gasteiger partial charge is 0.306 e. The molecule has 2 rings (SSSR count). The largest absolute Gasteiger partial charge is 0.481 e. The molecule has 0 aromatic heterocycles.